The number of aromatic nitrogens is 3. The predicted molar refractivity (Wildman–Crippen MR) is 145 cm³/mol. The van der Waals surface area contributed by atoms with Crippen molar-refractivity contribution < 1.29 is 4.74 Å². The fourth-order valence-electron chi connectivity index (χ4n) is 4.52. The Morgan fingerprint density at radius 1 is 0.722 bits per heavy atom. The standard InChI is InChI=1S/C30H27N5O/c1-2-7-22(8-3-1)23-9-6-10-24(19-23)25-12-13-27-28(20-25)33-30(35-15-17-36-18-16-35)34-29(27)32-21-26-11-4-5-14-31-26/h1-14,19-20H,15-18,21H2,(H,32,33,34). The van der Waals surface area contributed by atoms with E-state index in [0.29, 0.717) is 19.8 Å². The van der Waals surface area contributed by atoms with Crippen LogP contribution in [-0.2, 0) is 11.3 Å². The number of anilines is 2. The largest absolute Gasteiger partial charge is 0.378 e. The van der Waals surface area contributed by atoms with Crippen molar-refractivity contribution in [3.8, 4) is 22.3 Å². The molecule has 2 aromatic heterocycles. The second-order valence-electron chi connectivity index (χ2n) is 8.83. The molecule has 0 unspecified atom stereocenters. The Labute approximate surface area is 210 Å². The number of morpholine rings is 1. The summed E-state index contributed by atoms with van der Waals surface area (Å²) in [4.78, 5) is 16.5. The summed E-state index contributed by atoms with van der Waals surface area (Å²) in [6.45, 7) is 3.53. The van der Waals surface area contributed by atoms with Crippen LogP contribution in [0.3, 0.4) is 0 Å². The first-order valence-corrected chi connectivity index (χ1v) is 12.3. The molecular formula is C30H27N5O. The lowest BCUT2D eigenvalue weighted by molar-refractivity contribution is 0.122. The second-order valence-corrected chi connectivity index (χ2v) is 8.83. The van der Waals surface area contributed by atoms with E-state index < -0.39 is 0 Å². The van der Waals surface area contributed by atoms with Crippen molar-refractivity contribution in [1.82, 2.24) is 15.0 Å². The zero-order valence-electron chi connectivity index (χ0n) is 20.0. The predicted octanol–water partition coefficient (Wildman–Crippen LogP) is 5.81. The average molecular weight is 474 g/mol. The number of pyridine rings is 1. The molecule has 0 aliphatic carbocycles. The third kappa shape index (κ3) is 4.76. The van der Waals surface area contributed by atoms with Gasteiger partial charge < -0.3 is 15.0 Å². The maximum Gasteiger partial charge on any atom is 0.228 e. The molecule has 0 saturated carbocycles. The number of benzene rings is 3. The molecule has 0 atom stereocenters. The lowest BCUT2D eigenvalue weighted by atomic mass is 9.98. The Balaban J connectivity index is 1.39. The van der Waals surface area contributed by atoms with Gasteiger partial charge in [0.2, 0.25) is 5.95 Å². The number of nitrogens with zero attached hydrogens (tertiary/aromatic N) is 4. The van der Waals surface area contributed by atoms with Crippen LogP contribution in [0, 0.1) is 0 Å². The first-order chi connectivity index (χ1) is 17.8. The van der Waals surface area contributed by atoms with Crippen molar-refractivity contribution in [1.29, 1.82) is 0 Å². The first-order valence-electron chi connectivity index (χ1n) is 12.3. The highest BCUT2D eigenvalue weighted by Crippen LogP contribution is 2.31. The summed E-state index contributed by atoms with van der Waals surface area (Å²) < 4.78 is 5.55. The van der Waals surface area contributed by atoms with Crippen LogP contribution >= 0.6 is 0 Å². The minimum Gasteiger partial charge on any atom is -0.378 e. The third-order valence-electron chi connectivity index (χ3n) is 6.45. The van der Waals surface area contributed by atoms with Gasteiger partial charge in [-0.3, -0.25) is 4.98 Å². The molecule has 0 radical (unpaired) electrons. The molecule has 1 N–H and O–H groups in total. The molecule has 3 aromatic carbocycles. The number of hydrogen-bond donors (Lipinski definition) is 1. The van der Waals surface area contributed by atoms with E-state index in [0.717, 1.165) is 52.6 Å². The van der Waals surface area contributed by atoms with Gasteiger partial charge in [-0.15, -0.1) is 0 Å². The molecule has 178 valence electrons. The molecular weight excluding hydrogens is 446 g/mol. The van der Waals surface area contributed by atoms with Crippen LogP contribution in [-0.4, -0.2) is 41.3 Å². The van der Waals surface area contributed by atoms with Crippen LogP contribution in [0.15, 0.2) is 97.2 Å². The summed E-state index contributed by atoms with van der Waals surface area (Å²) in [5.41, 5.74) is 6.57. The van der Waals surface area contributed by atoms with E-state index in [1.54, 1.807) is 0 Å². The second kappa shape index (κ2) is 10.1. The van der Waals surface area contributed by atoms with Gasteiger partial charge in [0.15, 0.2) is 0 Å². The van der Waals surface area contributed by atoms with Gasteiger partial charge in [-0.25, -0.2) is 4.98 Å². The highest BCUT2D eigenvalue weighted by Gasteiger charge is 2.17. The topological polar surface area (TPSA) is 63.2 Å². The van der Waals surface area contributed by atoms with E-state index in [4.69, 9.17) is 14.7 Å². The molecule has 36 heavy (non-hydrogen) atoms. The van der Waals surface area contributed by atoms with E-state index in [1.807, 2.05) is 30.5 Å². The smallest absolute Gasteiger partial charge is 0.228 e. The number of hydrogen-bond acceptors (Lipinski definition) is 6. The summed E-state index contributed by atoms with van der Waals surface area (Å²) in [5, 5.41) is 4.49. The van der Waals surface area contributed by atoms with E-state index in [9.17, 15) is 0 Å². The van der Waals surface area contributed by atoms with Crippen LogP contribution in [0.4, 0.5) is 11.8 Å². The molecule has 5 aromatic rings. The van der Waals surface area contributed by atoms with E-state index in [-0.39, 0.29) is 0 Å². The minimum absolute atomic E-state index is 0.594. The Hall–Kier alpha value is -4.29. The van der Waals surface area contributed by atoms with Gasteiger partial charge in [0.05, 0.1) is 31.0 Å². The molecule has 0 amide bonds. The van der Waals surface area contributed by atoms with Crippen molar-refractivity contribution in [3.05, 3.63) is 103 Å². The van der Waals surface area contributed by atoms with Gasteiger partial charge >= 0.3 is 0 Å². The molecule has 1 aliphatic rings. The third-order valence-corrected chi connectivity index (χ3v) is 6.45. The molecule has 6 heteroatoms. The van der Waals surface area contributed by atoms with Crippen LogP contribution in [0.1, 0.15) is 5.69 Å². The molecule has 6 rings (SSSR count). The summed E-state index contributed by atoms with van der Waals surface area (Å²) in [7, 11) is 0. The van der Waals surface area contributed by atoms with E-state index in [1.165, 1.54) is 11.1 Å². The molecule has 1 saturated heterocycles. The highest BCUT2D eigenvalue weighted by atomic mass is 16.5. The van der Waals surface area contributed by atoms with Crippen LogP contribution < -0.4 is 10.2 Å². The number of ether oxygens (including phenoxy) is 1. The molecule has 1 fully saturated rings. The summed E-state index contributed by atoms with van der Waals surface area (Å²) >= 11 is 0. The zero-order valence-corrected chi connectivity index (χ0v) is 20.0. The van der Waals surface area contributed by atoms with Gasteiger partial charge in [0.25, 0.3) is 0 Å². The zero-order chi connectivity index (χ0) is 24.2. The van der Waals surface area contributed by atoms with Crippen LogP contribution in [0.25, 0.3) is 33.2 Å². The quantitative estimate of drug-likeness (QED) is 0.336. The molecule has 0 spiro atoms. The molecule has 3 heterocycles. The summed E-state index contributed by atoms with van der Waals surface area (Å²) in [6, 6.07) is 31.5. The van der Waals surface area contributed by atoms with Crippen molar-refractivity contribution in [2.75, 3.05) is 36.5 Å². The van der Waals surface area contributed by atoms with Crippen molar-refractivity contribution in [3.63, 3.8) is 0 Å². The van der Waals surface area contributed by atoms with E-state index in [2.05, 4.69) is 81.9 Å². The first kappa shape index (κ1) is 22.2. The van der Waals surface area contributed by atoms with Crippen molar-refractivity contribution in [2.24, 2.45) is 0 Å². The molecule has 0 bridgehead atoms. The van der Waals surface area contributed by atoms with Crippen molar-refractivity contribution in [2.45, 2.75) is 6.54 Å². The number of rotatable bonds is 6. The van der Waals surface area contributed by atoms with Crippen molar-refractivity contribution >= 4 is 22.7 Å². The normalized spacial score (nSPS) is 13.6. The summed E-state index contributed by atoms with van der Waals surface area (Å²) in [6.07, 6.45) is 1.81. The van der Waals surface area contributed by atoms with Gasteiger partial charge in [-0.1, -0.05) is 60.7 Å². The fraction of sp³-hybridized carbons (Fsp3) is 0.167. The number of fused-ring (bicyclic) bond motifs is 1. The average Bonchev–Trinajstić information content (AvgIpc) is 2.97. The van der Waals surface area contributed by atoms with E-state index >= 15 is 0 Å². The Morgan fingerprint density at radius 3 is 2.28 bits per heavy atom. The fourth-order valence-corrected chi connectivity index (χ4v) is 4.52. The Morgan fingerprint density at radius 2 is 1.47 bits per heavy atom. The van der Waals surface area contributed by atoms with Crippen LogP contribution in [0.2, 0.25) is 0 Å². The number of nitrogens with one attached hydrogen (secondary N) is 1. The van der Waals surface area contributed by atoms with Gasteiger partial charge in [0.1, 0.15) is 5.82 Å². The minimum atomic E-state index is 0.594. The Kier molecular flexibility index (Phi) is 6.25. The molecule has 6 nitrogen and oxygen atoms in total. The monoisotopic (exact) mass is 473 g/mol. The lowest BCUT2D eigenvalue weighted by Gasteiger charge is -2.27. The maximum atomic E-state index is 5.55. The van der Waals surface area contributed by atoms with Gasteiger partial charge in [0, 0.05) is 24.7 Å². The van der Waals surface area contributed by atoms with Gasteiger partial charge in [-0.05, 0) is 52.6 Å². The molecule has 1 aliphatic heterocycles. The van der Waals surface area contributed by atoms with Gasteiger partial charge in [-0.2, -0.15) is 4.98 Å². The van der Waals surface area contributed by atoms with Crippen LogP contribution in [0.5, 0.6) is 0 Å². The lowest BCUT2D eigenvalue weighted by Crippen LogP contribution is -2.37. The highest BCUT2D eigenvalue weighted by molar-refractivity contribution is 5.93. The summed E-state index contributed by atoms with van der Waals surface area (Å²) in [5.74, 6) is 1.54. The maximum absolute atomic E-state index is 5.55. The SMILES string of the molecule is c1ccc(-c2cccc(-c3ccc4c(NCc5ccccn5)nc(N5CCOCC5)nc4c3)c2)cc1. The Bertz CT molecular complexity index is 1470.